The number of hydrogen-bond donors (Lipinski definition) is 1. The molecule has 1 aliphatic rings. The van der Waals surface area contributed by atoms with Gasteiger partial charge in [-0.05, 0) is 42.2 Å². The number of amides is 1. The third-order valence-corrected chi connectivity index (χ3v) is 7.31. The molecule has 12 heteroatoms. The quantitative estimate of drug-likeness (QED) is 0.307. The molecule has 7 nitrogen and oxygen atoms in total. The molecule has 1 unspecified atom stereocenters. The van der Waals surface area contributed by atoms with Gasteiger partial charge in [-0.3, -0.25) is 14.4 Å². The molecule has 1 atom stereocenters. The third kappa shape index (κ3) is 3.70. The molecule has 1 amide bonds. The van der Waals surface area contributed by atoms with Crippen LogP contribution in [0.1, 0.15) is 39.5 Å². The van der Waals surface area contributed by atoms with Gasteiger partial charge in [-0.1, -0.05) is 6.07 Å². The SMILES string of the molecule is Cn1ncc2c(N)nc3cc(F)c(C(=O)N(c4cscn4)C4CCc5cc(C(F)(F)F)ccc54)cc3c21. The van der Waals surface area contributed by atoms with Crippen LogP contribution >= 0.6 is 11.3 Å². The zero-order valence-electron chi connectivity index (χ0n) is 19.3. The van der Waals surface area contributed by atoms with Crippen LogP contribution in [0.25, 0.3) is 21.8 Å². The molecule has 0 aliphatic heterocycles. The fraction of sp³-hybridized carbons (Fsp3) is 0.200. The van der Waals surface area contributed by atoms with Crippen molar-refractivity contribution >= 4 is 50.7 Å². The number of benzene rings is 2. The van der Waals surface area contributed by atoms with Crippen LogP contribution in [0, 0.1) is 5.82 Å². The van der Waals surface area contributed by atoms with Gasteiger partial charge in [0.15, 0.2) is 0 Å². The van der Waals surface area contributed by atoms with E-state index in [1.54, 1.807) is 28.8 Å². The van der Waals surface area contributed by atoms with E-state index >= 15 is 4.39 Å². The van der Waals surface area contributed by atoms with Gasteiger partial charge in [0.25, 0.3) is 5.91 Å². The highest BCUT2D eigenvalue weighted by atomic mass is 32.1. The molecule has 3 aromatic heterocycles. The fourth-order valence-corrected chi connectivity index (χ4v) is 5.57. The van der Waals surface area contributed by atoms with Gasteiger partial charge >= 0.3 is 6.18 Å². The van der Waals surface area contributed by atoms with E-state index in [1.165, 1.54) is 28.4 Å². The number of pyridine rings is 1. The van der Waals surface area contributed by atoms with Gasteiger partial charge in [0.05, 0.1) is 45.3 Å². The molecule has 1 aliphatic carbocycles. The monoisotopic (exact) mass is 526 g/mol. The maximum atomic E-state index is 15.4. The molecule has 188 valence electrons. The number of nitrogens with two attached hydrogens (primary N) is 1. The summed E-state index contributed by atoms with van der Waals surface area (Å²) in [6.45, 7) is 0. The lowest BCUT2D eigenvalue weighted by molar-refractivity contribution is -0.137. The molecule has 5 aromatic rings. The highest BCUT2D eigenvalue weighted by Crippen LogP contribution is 2.42. The second kappa shape index (κ2) is 8.23. The summed E-state index contributed by atoms with van der Waals surface area (Å²) < 4.78 is 56.8. The molecule has 0 spiro atoms. The predicted molar refractivity (Wildman–Crippen MR) is 132 cm³/mol. The van der Waals surface area contributed by atoms with Crippen molar-refractivity contribution in [3.8, 4) is 0 Å². The first kappa shape index (κ1) is 23.3. The smallest absolute Gasteiger partial charge is 0.383 e. The molecule has 37 heavy (non-hydrogen) atoms. The fourth-order valence-electron chi connectivity index (χ4n) is 5.04. The minimum Gasteiger partial charge on any atom is -0.383 e. The first-order valence-electron chi connectivity index (χ1n) is 11.3. The van der Waals surface area contributed by atoms with Crippen LogP contribution in [0.4, 0.5) is 29.2 Å². The normalized spacial score (nSPS) is 15.4. The number of carbonyl (C=O) groups excluding carboxylic acids is 1. The van der Waals surface area contributed by atoms with Crippen LogP contribution in [0.2, 0.25) is 0 Å². The Morgan fingerprint density at radius 2 is 2.03 bits per heavy atom. The molecule has 0 saturated carbocycles. The summed E-state index contributed by atoms with van der Waals surface area (Å²) in [6, 6.07) is 5.49. The molecule has 0 radical (unpaired) electrons. The van der Waals surface area contributed by atoms with Gasteiger partial charge < -0.3 is 5.73 Å². The van der Waals surface area contributed by atoms with Crippen molar-refractivity contribution in [2.24, 2.45) is 7.05 Å². The number of thiazole rings is 1. The van der Waals surface area contributed by atoms with E-state index in [1.807, 2.05) is 0 Å². The number of aromatic nitrogens is 4. The number of nitrogens with zero attached hydrogens (tertiary/aromatic N) is 5. The van der Waals surface area contributed by atoms with E-state index in [-0.39, 0.29) is 16.9 Å². The van der Waals surface area contributed by atoms with E-state index in [0.29, 0.717) is 46.1 Å². The first-order chi connectivity index (χ1) is 17.6. The molecule has 3 heterocycles. The van der Waals surface area contributed by atoms with Crippen molar-refractivity contribution in [2.45, 2.75) is 25.1 Å². The van der Waals surface area contributed by atoms with Gasteiger partial charge in [0.2, 0.25) is 0 Å². The largest absolute Gasteiger partial charge is 0.416 e. The first-order valence-corrected chi connectivity index (χ1v) is 12.2. The number of fused-ring (bicyclic) bond motifs is 4. The number of nitrogen functional groups attached to an aromatic ring is 1. The number of aryl methyl sites for hydroxylation is 2. The summed E-state index contributed by atoms with van der Waals surface area (Å²) in [4.78, 5) is 23.9. The van der Waals surface area contributed by atoms with Crippen LogP contribution < -0.4 is 10.6 Å². The van der Waals surface area contributed by atoms with Crippen molar-refractivity contribution in [2.75, 3.05) is 10.6 Å². The van der Waals surface area contributed by atoms with Crippen molar-refractivity contribution in [3.05, 3.63) is 75.5 Å². The van der Waals surface area contributed by atoms with Crippen LogP contribution in [0.5, 0.6) is 0 Å². The van der Waals surface area contributed by atoms with Crippen molar-refractivity contribution in [1.29, 1.82) is 0 Å². The number of hydrogen-bond acceptors (Lipinski definition) is 6. The number of anilines is 2. The highest BCUT2D eigenvalue weighted by molar-refractivity contribution is 7.07. The van der Waals surface area contributed by atoms with E-state index in [9.17, 15) is 18.0 Å². The second-order valence-corrected chi connectivity index (χ2v) is 9.58. The van der Waals surface area contributed by atoms with Crippen LogP contribution in [0.15, 0.2) is 47.4 Å². The lowest BCUT2D eigenvalue weighted by Crippen LogP contribution is -2.35. The zero-order chi connectivity index (χ0) is 26.1. The molecule has 2 aromatic carbocycles. The Morgan fingerprint density at radius 3 is 2.76 bits per heavy atom. The van der Waals surface area contributed by atoms with Crippen LogP contribution in [-0.2, 0) is 19.6 Å². The van der Waals surface area contributed by atoms with Gasteiger partial charge in [0, 0.05) is 23.9 Å². The maximum Gasteiger partial charge on any atom is 0.416 e. The molecule has 2 N–H and O–H groups in total. The van der Waals surface area contributed by atoms with E-state index in [0.717, 1.165) is 18.2 Å². The molecular formula is C25H18F4N6OS. The van der Waals surface area contributed by atoms with Gasteiger partial charge in [0.1, 0.15) is 17.5 Å². The Balaban J connectivity index is 1.49. The maximum absolute atomic E-state index is 15.4. The van der Waals surface area contributed by atoms with Gasteiger partial charge in [-0.15, -0.1) is 11.3 Å². The Morgan fingerprint density at radius 1 is 1.22 bits per heavy atom. The Kier molecular flexibility index (Phi) is 5.19. The lowest BCUT2D eigenvalue weighted by atomic mass is 10.0. The number of carbonyl (C=O) groups is 1. The summed E-state index contributed by atoms with van der Waals surface area (Å²) >= 11 is 1.26. The summed E-state index contributed by atoms with van der Waals surface area (Å²) in [5, 5.41) is 6.93. The Hall–Kier alpha value is -4.06. The molecular weight excluding hydrogens is 508 g/mol. The van der Waals surface area contributed by atoms with Gasteiger partial charge in [-0.25, -0.2) is 14.4 Å². The molecule has 0 fully saturated rings. The van der Waals surface area contributed by atoms with Crippen molar-refractivity contribution in [1.82, 2.24) is 19.7 Å². The lowest BCUT2D eigenvalue weighted by Gasteiger charge is -2.28. The number of alkyl halides is 3. The summed E-state index contributed by atoms with van der Waals surface area (Å²) in [7, 11) is 1.71. The van der Waals surface area contributed by atoms with Gasteiger partial charge in [-0.2, -0.15) is 18.3 Å². The minimum atomic E-state index is -4.47. The third-order valence-electron chi connectivity index (χ3n) is 6.74. The summed E-state index contributed by atoms with van der Waals surface area (Å²) in [6.07, 6.45) is -2.20. The standard InChI is InChI=1S/C25H18F4N6OS/c1-34-22-16-7-15(18(26)8-19(16)33-23(30)17(22)9-32-34)24(36)35(21-10-37-11-31-21)20-5-2-12-6-13(25(27,28)29)3-4-14(12)20/h3-4,6-11,20H,2,5H2,1H3,(H2,30,33). The number of rotatable bonds is 3. The van der Waals surface area contributed by atoms with Crippen LogP contribution in [-0.4, -0.2) is 25.7 Å². The average molecular weight is 527 g/mol. The number of halogens is 4. The van der Waals surface area contributed by atoms with E-state index in [4.69, 9.17) is 5.73 Å². The minimum absolute atomic E-state index is 0.193. The molecule has 6 rings (SSSR count). The predicted octanol–water partition coefficient (Wildman–Crippen LogP) is 5.65. The zero-order valence-corrected chi connectivity index (χ0v) is 20.1. The Bertz CT molecular complexity index is 1700. The van der Waals surface area contributed by atoms with Crippen LogP contribution in [0.3, 0.4) is 0 Å². The average Bonchev–Trinajstić information content (AvgIpc) is 3.60. The Labute approximate surface area is 211 Å². The van der Waals surface area contributed by atoms with E-state index < -0.39 is 29.5 Å². The van der Waals surface area contributed by atoms with Crippen molar-refractivity contribution in [3.63, 3.8) is 0 Å². The highest BCUT2D eigenvalue weighted by Gasteiger charge is 2.37. The summed E-state index contributed by atoms with van der Waals surface area (Å²) in [5.41, 5.74) is 8.56. The molecule has 0 saturated heterocycles. The second-order valence-electron chi connectivity index (χ2n) is 8.86. The molecule has 0 bridgehead atoms. The topological polar surface area (TPSA) is 89.9 Å². The van der Waals surface area contributed by atoms with Crippen molar-refractivity contribution < 1.29 is 22.4 Å². The van der Waals surface area contributed by atoms with E-state index in [2.05, 4.69) is 15.1 Å². The summed E-state index contributed by atoms with van der Waals surface area (Å²) in [5.74, 6) is -0.959.